The minimum absolute atomic E-state index is 0.667. The molecule has 68 valence electrons. The van der Waals surface area contributed by atoms with Crippen LogP contribution in [-0.4, -0.2) is 19.6 Å². The summed E-state index contributed by atoms with van der Waals surface area (Å²) in [6, 6.07) is 3.88. The Balaban J connectivity index is 2.10. The number of halogens is 1. The van der Waals surface area contributed by atoms with Gasteiger partial charge in [-0.3, -0.25) is 9.36 Å². The summed E-state index contributed by atoms with van der Waals surface area (Å²) in [6.07, 6.45) is 5.61. The van der Waals surface area contributed by atoms with Crippen molar-refractivity contribution < 1.29 is 0 Å². The van der Waals surface area contributed by atoms with Crippen LogP contribution in [0.15, 0.2) is 30.7 Å². The van der Waals surface area contributed by atoms with Crippen LogP contribution < -0.4 is 0 Å². The molecule has 2 rings (SSSR count). The average Bonchev–Trinajstić information content (AvgIpc) is 2.76. The van der Waals surface area contributed by atoms with E-state index >= 15 is 0 Å². The monoisotopic (exact) mass is 240 g/mol. The zero-order chi connectivity index (χ0) is 9.10. The third-order valence-electron chi connectivity index (χ3n) is 1.68. The van der Waals surface area contributed by atoms with Crippen LogP contribution in [0.3, 0.4) is 0 Å². The predicted molar refractivity (Wildman–Crippen MR) is 52.5 cm³/mol. The van der Waals surface area contributed by atoms with Crippen molar-refractivity contribution in [3.05, 3.63) is 36.4 Å². The lowest BCUT2D eigenvalue weighted by Crippen LogP contribution is -2.08. The van der Waals surface area contributed by atoms with E-state index in [-0.39, 0.29) is 0 Å². The van der Waals surface area contributed by atoms with Crippen molar-refractivity contribution in [2.45, 2.75) is 12.0 Å². The van der Waals surface area contributed by atoms with Crippen LogP contribution in [-0.2, 0) is 12.0 Å². The Morgan fingerprint density at radius 1 is 1.31 bits per heavy atom. The van der Waals surface area contributed by atoms with E-state index in [2.05, 4.69) is 26.1 Å². The number of nitrogens with zero attached hydrogens (tertiary/aromatic N) is 4. The van der Waals surface area contributed by atoms with E-state index in [1.807, 2.05) is 33.9 Å². The molecule has 2 heterocycles. The maximum atomic E-state index is 4.31. The molecule has 5 heteroatoms. The van der Waals surface area contributed by atoms with Crippen molar-refractivity contribution in [1.29, 1.82) is 0 Å². The van der Waals surface area contributed by atoms with Crippen LogP contribution >= 0.6 is 15.9 Å². The van der Waals surface area contributed by atoms with Gasteiger partial charge in [-0.15, -0.1) is 0 Å². The van der Waals surface area contributed by atoms with E-state index in [0.717, 1.165) is 11.0 Å². The predicted octanol–water partition coefficient (Wildman–Crippen LogP) is 1.48. The first-order valence-corrected chi connectivity index (χ1v) is 5.06. The highest BCUT2D eigenvalue weighted by atomic mass is 79.9. The lowest BCUT2D eigenvalue weighted by atomic mass is 10.5. The molecule has 0 N–H and O–H groups in total. The number of hydrogen-bond acceptors (Lipinski definition) is 2. The molecule has 0 aliphatic carbocycles. The van der Waals surface area contributed by atoms with Crippen molar-refractivity contribution in [2.75, 3.05) is 0 Å². The Bertz CT molecular complexity index is 365. The van der Waals surface area contributed by atoms with Gasteiger partial charge in [-0.1, -0.05) is 15.9 Å². The number of hydrogen-bond donors (Lipinski definition) is 0. The fourth-order valence-electron chi connectivity index (χ4n) is 1.09. The Morgan fingerprint density at radius 2 is 2.23 bits per heavy atom. The van der Waals surface area contributed by atoms with Crippen molar-refractivity contribution in [3.63, 3.8) is 0 Å². The normalized spacial score (nSPS) is 10.5. The summed E-state index contributed by atoms with van der Waals surface area (Å²) in [5.74, 6) is 0. The van der Waals surface area contributed by atoms with Crippen LogP contribution in [0, 0.1) is 0 Å². The summed E-state index contributed by atoms with van der Waals surface area (Å²) in [4.78, 5) is 0. The molecule has 0 aliphatic heterocycles. The van der Waals surface area contributed by atoms with Gasteiger partial charge >= 0.3 is 0 Å². The van der Waals surface area contributed by atoms with Crippen LogP contribution in [0.5, 0.6) is 0 Å². The van der Waals surface area contributed by atoms with Gasteiger partial charge in [0.1, 0.15) is 6.67 Å². The first-order chi connectivity index (χ1) is 6.38. The van der Waals surface area contributed by atoms with Crippen LogP contribution in [0.1, 0.15) is 5.69 Å². The molecule has 4 nitrogen and oxygen atoms in total. The molecule has 0 unspecified atom stereocenters. The molecule has 0 amide bonds. The van der Waals surface area contributed by atoms with Gasteiger partial charge in [-0.2, -0.15) is 10.2 Å². The fourth-order valence-corrected chi connectivity index (χ4v) is 1.39. The van der Waals surface area contributed by atoms with E-state index in [0.29, 0.717) is 6.67 Å². The summed E-state index contributed by atoms with van der Waals surface area (Å²) in [7, 11) is 0. The van der Waals surface area contributed by atoms with Crippen LogP contribution in [0.25, 0.3) is 0 Å². The zero-order valence-corrected chi connectivity index (χ0v) is 8.55. The lowest BCUT2D eigenvalue weighted by Gasteiger charge is -2.00. The number of rotatable bonds is 3. The molecule has 0 fully saturated rings. The molecule has 0 saturated carbocycles. The van der Waals surface area contributed by atoms with E-state index in [1.54, 1.807) is 6.20 Å². The SMILES string of the molecule is BrCc1ccn(Cn2cccn2)n1. The van der Waals surface area contributed by atoms with Gasteiger partial charge in [0, 0.05) is 23.9 Å². The van der Waals surface area contributed by atoms with Gasteiger partial charge < -0.3 is 0 Å². The molecule has 0 saturated heterocycles. The second-order valence-corrected chi connectivity index (χ2v) is 3.23. The molecule has 2 aromatic heterocycles. The van der Waals surface area contributed by atoms with Crippen LogP contribution in [0.4, 0.5) is 0 Å². The molecule has 0 aliphatic rings. The Hall–Kier alpha value is -1.10. The van der Waals surface area contributed by atoms with Gasteiger partial charge in [0.05, 0.1) is 5.69 Å². The molecule has 0 atom stereocenters. The first kappa shape index (κ1) is 8.50. The third kappa shape index (κ3) is 1.98. The van der Waals surface area contributed by atoms with Gasteiger partial charge in [-0.25, -0.2) is 0 Å². The summed E-state index contributed by atoms with van der Waals surface area (Å²) in [5.41, 5.74) is 1.03. The number of aromatic nitrogens is 4. The molecular weight excluding hydrogens is 232 g/mol. The molecule has 2 aromatic rings. The highest BCUT2D eigenvalue weighted by Gasteiger charge is 1.96. The fraction of sp³-hybridized carbons (Fsp3) is 0.250. The highest BCUT2D eigenvalue weighted by Crippen LogP contribution is 2.01. The minimum Gasteiger partial charge on any atom is -0.251 e. The molecule has 0 radical (unpaired) electrons. The van der Waals surface area contributed by atoms with E-state index in [9.17, 15) is 0 Å². The van der Waals surface area contributed by atoms with Crippen molar-refractivity contribution in [3.8, 4) is 0 Å². The van der Waals surface area contributed by atoms with Crippen molar-refractivity contribution >= 4 is 15.9 Å². The second-order valence-electron chi connectivity index (χ2n) is 2.67. The molecule has 13 heavy (non-hydrogen) atoms. The summed E-state index contributed by atoms with van der Waals surface area (Å²) in [5, 5.41) is 9.19. The van der Waals surface area contributed by atoms with Crippen molar-refractivity contribution in [1.82, 2.24) is 19.6 Å². The van der Waals surface area contributed by atoms with Gasteiger partial charge in [0.15, 0.2) is 0 Å². The molecule has 0 bridgehead atoms. The zero-order valence-electron chi connectivity index (χ0n) is 6.97. The average molecular weight is 241 g/mol. The molecule has 0 aromatic carbocycles. The topological polar surface area (TPSA) is 35.6 Å². The number of alkyl halides is 1. The minimum atomic E-state index is 0.667. The maximum absolute atomic E-state index is 4.31. The lowest BCUT2D eigenvalue weighted by molar-refractivity contribution is 0.500. The third-order valence-corrected chi connectivity index (χ3v) is 2.26. The van der Waals surface area contributed by atoms with Gasteiger partial charge in [-0.05, 0) is 12.1 Å². The standard InChI is InChI=1S/C8H9BrN4/c9-6-8-2-5-13(11-8)7-12-4-1-3-10-12/h1-5H,6-7H2. The van der Waals surface area contributed by atoms with E-state index < -0.39 is 0 Å². The largest absolute Gasteiger partial charge is 0.251 e. The molecular formula is C8H9BrN4. The summed E-state index contributed by atoms with van der Waals surface area (Å²) < 4.78 is 3.68. The Morgan fingerprint density at radius 3 is 2.85 bits per heavy atom. The molecule has 0 spiro atoms. The maximum Gasteiger partial charge on any atom is 0.133 e. The van der Waals surface area contributed by atoms with Crippen LogP contribution in [0.2, 0.25) is 0 Å². The Labute approximate surface area is 84.3 Å². The quantitative estimate of drug-likeness (QED) is 0.763. The second kappa shape index (κ2) is 3.74. The van der Waals surface area contributed by atoms with Gasteiger partial charge in [0.25, 0.3) is 0 Å². The first-order valence-electron chi connectivity index (χ1n) is 3.94. The van der Waals surface area contributed by atoms with E-state index in [4.69, 9.17) is 0 Å². The van der Waals surface area contributed by atoms with Crippen molar-refractivity contribution in [2.24, 2.45) is 0 Å². The van der Waals surface area contributed by atoms with Gasteiger partial charge in [0.2, 0.25) is 0 Å². The Kier molecular flexibility index (Phi) is 2.44. The smallest absolute Gasteiger partial charge is 0.133 e. The summed E-state index contributed by atoms with van der Waals surface area (Å²) in [6.45, 7) is 0.667. The highest BCUT2D eigenvalue weighted by molar-refractivity contribution is 9.08. The van der Waals surface area contributed by atoms with E-state index in [1.165, 1.54) is 0 Å². The summed E-state index contributed by atoms with van der Waals surface area (Å²) >= 11 is 3.35.